The fourth-order valence-electron chi connectivity index (χ4n) is 1.57. The largest absolute Gasteiger partial charge is 0.383 e. The first-order valence-electron chi connectivity index (χ1n) is 4.86. The third kappa shape index (κ3) is 2.26. The van der Waals surface area contributed by atoms with Crippen molar-refractivity contribution in [2.24, 2.45) is 5.92 Å². The van der Waals surface area contributed by atoms with Crippen molar-refractivity contribution in [1.82, 2.24) is 9.55 Å². The first kappa shape index (κ1) is 11.0. The fourth-order valence-corrected chi connectivity index (χ4v) is 1.57. The van der Waals surface area contributed by atoms with E-state index < -0.39 is 0 Å². The zero-order valence-corrected chi connectivity index (χ0v) is 9.32. The van der Waals surface area contributed by atoms with Gasteiger partial charge in [-0.1, -0.05) is 13.8 Å². The molecule has 1 aromatic rings. The van der Waals surface area contributed by atoms with Crippen molar-refractivity contribution in [1.29, 1.82) is 0 Å². The Balaban J connectivity index is 2.92. The highest BCUT2D eigenvalue weighted by molar-refractivity contribution is 5.22. The van der Waals surface area contributed by atoms with Crippen LogP contribution in [0.5, 0.6) is 0 Å². The monoisotopic (exact) mass is 197 g/mol. The van der Waals surface area contributed by atoms with Gasteiger partial charge in [-0.2, -0.15) is 0 Å². The van der Waals surface area contributed by atoms with Gasteiger partial charge in [0.05, 0.1) is 18.3 Å². The molecule has 0 bridgehead atoms. The van der Waals surface area contributed by atoms with E-state index in [9.17, 15) is 0 Å². The van der Waals surface area contributed by atoms with Crippen LogP contribution in [-0.4, -0.2) is 23.3 Å². The van der Waals surface area contributed by atoms with E-state index in [1.165, 1.54) is 0 Å². The summed E-state index contributed by atoms with van der Waals surface area (Å²) in [6.07, 6.45) is 1.97. The molecule has 0 radical (unpaired) electrons. The average Bonchev–Trinajstić information content (AvgIpc) is 2.40. The summed E-state index contributed by atoms with van der Waals surface area (Å²) in [6, 6.07) is 0.265. The summed E-state index contributed by atoms with van der Waals surface area (Å²) in [5, 5.41) is 0. The molecule has 4 heteroatoms. The fraction of sp³-hybridized carbons (Fsp3) is 0.700. The van der Waals surface area contributed by atoms with Gasteiger partial charge in [-0.3, -0.25) is 0 Å². The maximum atomic E-state index is 5.81. The number of aromatic nitrogens is 2. The number of hydrogen-bond donors (Lipinski definition) is 1. The molecule has 80 valence electrons. The minimum atomic E-state index is 0.265. The molecule has 0 aromatic carbocycles. The zero-order valence-electron chi connectivity index (χ0n) is 9.32. The maximum Gasteiger partial charge on any atom is 0.200 e. The lowest BCUT2D eigenvalue weighted by atomic mass is 10.1. The predicted octanol–water partition coefficient (Wildman–Crippen LogP) is 1.62. The van der Waals surface area contributed by atoms with Crippen LogP contribution in [0.1, 0.15) is 25.6 Å². The smallest absolute Gasteiger partial charge is 0.200 e. The van der Waals surface area contributed by atoms with E-state index in [-0.39, 0.29) is 6.04 Å². The van der Waals surface area contributed by atoms with Crippen LogP contribution in [0.15, 0.2) is 6.20 Å². The molecule has 0 fully saturated rings. The van der Waals surface area contributed by atoms with Gasteiger partial charge >= 0.3 is 0 Å². The van der Waals surface area contributed by atoms with Crippen molar-refractivity contribution in [3.05, 3.63) is 11.9 Å². The number of imidazole rings is 1. The Hall–Kier alpha value is -1.03. The molecule has 0 saturated carbocycles. The number of nitrogen functional groups attached to an aromatic ring is 1. The maximum absolute atomic E-state index is 5.81. The SMILES string of the molecule is COCC(C(C)C)n1cc(C)nc1N. The third-order valence-electron chi connectivity index (χ3n) is 2.35. The Labute approximate surface area is 85.1 Å². The van der Waals surface area contributed by atoms with E-state index in [0.717, 1.165) is 5.69 Å². The summed E-state index contributed by atoms with van der Waals surface area (Å²) in [6.45, 7) is 6.91. The number of aryl methyl sites for hydroxylation is 1. The van der Waals surface area contributed by atoms with E-state index in [2.05, 4.69) is 18.8 Å². The van der Waals surface area contributed by atoms with E-state index in [1.54, 1.807) is 7.11 Å². The molecule has 0 aliphatic rings. The Morgan fingerprint density at radius 2 is 2.21 bits per heavy atom. The topological polar surface area (TPSA) is 53.1 Å². The first-order chi connectivity index (χ1) is 6.56. The molecule has 0 spiro atoms. The van der Waals surface area contributed by atoms with Crippen LogP contribution in [0.4, 0.5) is 5.95 Å². The lowest BCUT2D eigenvalue weighted by Gasteiger charge is -2.22. The molecule has 1 aromatic heterocycles. The van der Waals surface area contributed by atoms with Gasteiger partial charge in [0.25, 0.3) is 0 Å². The minimum absolute atomic E-state index is 0.265. The molecule has 1 unspecified atom stereocenters. The van der Waals surface area contributed by atoms with Gasteiger partial charge in [0.1, 0.15) is 0 Å². The average molecular weight is 197 g/mol. The molecule has 14 heavy (non-hydrogen) atoms. The normalized spacial score (nSPS) is 13.5. The molecule has 0 amide bonds. The van der Waals surface area contributed by atoms with E-state index in [1.807, 2.05) is 17.7 Å². The van der Waals surface area contributed by atoms with Crippen molar-refractivity contribution in [2.45, 2.75) is 26.8 Å². The van der Waals surface area contributed by atoms with E-state index in [4.69, 9.17) is 10.5 Å². The number of methoxy groups -OCH3 is 1. The van der Waals surface area contributed by atoms with Crippen LogP contribution in [0, 0.1) is 12.8 Å². The highest BCUT2D eigenvalue weighted by Gasteiger charge is 2.17. The van der Waals surface area contributed by atoms with Crippen LogP contribution < -0.4 is 5.73 Å². The number of anilines is 1. The Bertz CT molecular complexity index is 294. The lowest BCUT2D eigenvalue weighted by molar-refractivity contribution is 0.134. The van der Waals surface area contributed by atoms with Crippen molar-refractivity contribution in [3.63, 3.8) is 0 Å². The number of ether oxygens (including phenoxy) is 1. The van der Waals surface area contributed by atoms with Gasteiger partial charge in [-0.05, 0) is 12.8 Å². The summed E-state index contributed by atoms with van der Waals surface area (Å²) in [5.41, 5.74) is 6.76. The summed E-state index contributed by atoms with van der Waals surface area (Å²) >= 11 is 0. The second-order valence-corrected chi connectivity index (χ2v) is 3.91. The van der Waals surface area contributed by atoms with Gasteiger partial charge in [0.2, 0.25) is 5.95 Å². The van der Waals surface area contributed by atoms with Crippen LogP contribution in [0.3, 0.4) is 0 Å². The highest BCUT2D eigenvalue weighted by Crippen LogP contribution is 2.21. The quantitative estimate of drug-likeness (QED) is 0.798. The number of rotatable bonds is 4. The summed E-state index contributed by atoms with van der Waals surface area (Å²) in [4.78, 5) is 4.18. The van der Waals surface area contributed by atoms with Gasteiger partial charge < -0.3 is 15.0 Å². The number of hydrogen-bond acceptors (Lipinski definition) is 3. The van der Waals surface area contributed by atoms with Crippen molar-refractivity contribution in [3.8, 4) is 0 Å². The molecule has 0 aliphatic heterocycles. The van der Waals surface area contributed by atoms with Crippen LogP contribution in [0.25, 0.3) is 0 Å². The second kappa shape index (κ2) is 4.46. The van der Waals surface area contributed by atoms with Crippen molar-refractivity contribution in [2.75, 3.05) is 19.5 Å². The summed E-state index contributed by atoms with van der Waals surface area (Å²) < 4.78 is 7.17. The van der Waals surface area contributed by atoms with Gasteiger partial charge in [0, 0.05) is 13.3 Å². The van der Waals surface area contributed by atoms with Gasteiger partial charge in [-0.25, -0.2) is 4.98 Å². The van der Waals surface area contributed by atoms with Crippen molar-refractivity contribution >= 4 is 5.95 Å². The van der Waals surface area contributed by atoms with Crippen molar-refractivity contribution < 1.29 is 4.74 Å². The molecular formula is C10H19N3O. The van der Waals surface area contributed by atoms with Crippen LogP contribution in [0.2, 0.25) is 0 Å². The highest BCUT2D eigenvalue weighted by atomic mass is 16.5. The predicted molar refractivity (Wildman–Crippen MR) is 57.1 cm³/mol. The number of nitrogens with zero attached hydrogens (tertiary/aromatic N) is 2. The molecular weight excluding hydrogens is 178 g/mol. The molecule has 1 rings (SSSR count). The van der Waals surface area contributed by atoms with Crippen LogP contribution in [-0.2, 0) is 4.74 Å². The third-order valence-corrected chi connectivity index (χ3v) is 2.35. The van der Waals surface area contributed by atoms with E-state index >= 15 is 0 Å². The van der Waals surface area contributed by atoms with Gasteiger partial charge in [0.15, 0.2) is 0 Å². The Morgan fingerprint density at radius 3 is 2.57 bits per heavy atom. The lowest BCUT2D eigenvalue weighted by Crippen LogP contribution is -2.21. The standard InChI is InChI=1S/C10H19N3O/c1-7(2)9(6-14-4)13-5-8(3)12-10(13)11/h5,7,9H,6H2,1-4H3,(H2,11,12). The summed E-state index contributed by atoms with van der Waals surface area (Å²) in [7, 11) is 1.70. The Kier molecular flexibility index (Phi) is 3.52. The minimum Gasteiger partial charge on any atom is -0.383 e. The molecule has 1 atom stereocenters. The van der Waals surface area contributed by atoms with Crippen LogP contribution >= 0.6 is 0 Å². The molecule has 0 saturated heterocycles. The molecule has 2 N–H and O–H groups in total. The molecule has 1 heterocycles. The number of nitrogens with two attached hydrogens (primary N) is 1. The zero-order chi connectivity index (χ0) is 10.7. The van der Waals surface area contributed by atoms with E-state index in [0.29, 0.717) is 18.5 Å². The molecule has 0 aliphatic carbocycles. The Morgan fingerprint density at radius 1 is 1.57 bits per heavy atom. The first-order valence-corrected chi connectivity index (χ1v) is 4.86. The molecule has 4 nitrogen and oxygen atoms in total. The summed E-state index contributed by atoms with van der Waals surface area (Å²) in [5.74, 6) is 1.05. The van der Waals surface area contributed by atoms with Gasteiger partial charge in [-0.15, -0.1) is 0 Å². The second-order valence-electron chi connectivity index (χ2n) is 3.91.